The van der Waals surface area contributed by atoms with Crippen LogP contribution in [0, 0.1) is 0 Å². The molecule has 0 radical (unpaired) electrons. The molecule has 0 aromatic carbocycles. The number of fused-ring (bicyclic) bond motifs is 1. The van der Waals surface area contributed by atoms with Crippen LogP contribution in [0.3, 0.4) is 0 Å². The SMILES string of the molecule is COc1cccnc1C(=O)c1cnn2c(-c3cccnc3)ccnc12. The molecule has 0 aliphatic rings. The molecule has 0 saturated heterocycles. The van der Waals surface area contributed by atoms with Gasteiger partial charge in [0.2, 0.25) is 5.78 Å². The van der Waals surface area contributed by atoms with Crippen LogP contribution in [0.5, 0.6) is 5.75 Å². The molecule has 0 aliphatic heterocycles. The van der Waals surface area contributed by atoms with Crippen molar-refractivity contribution in [3.8, 4) is 17.0 Å². The highest BCUT2D eigenvalue weighted by molar-refractivity contribution is 6.12. The maximum atomic E-state index is 12.9. The summed E-state index contributed by atoms with van der Waals surface area (Å²) in [5.74, 6) is 0.124. The van der Waals surface area contributed by atoms with Crippen molar-refractivity contribution >= 4 is 11.4 Å². The van der Waals surface area contributed by atoms with E-state index in [0.717, 1.165) is 11.3 Å². The third-order valence-corrected chi connectivity index (χ3v) is 3.81. The van der Waals surface area contributed by atoms with E-state index in [1.165, 1.54) is 13.3 Å². The number of carbonyl (C=O) groups is 1. The zero-order valence-corrected chi connectivity index (χ0v) is 13.3. The largest absolute Gasteiger partial charge is 0.494 e. The summed E-state index contributed by atoms with van der Waals surface area (Å²) in [6.45, 7) is 0. The standard InChI is InChI=1S/C18H13N5O2/c1-25-15-5-3-8-20-16(15)17(24)13-11-22-23-14(6-9-21-18(13)23)12-4-2-7-19-10-12/h2-11H,1H3. The monoisotopic (exact) mass is 331 g/mol. The van der Waals surface area contributed by atoms with Crippen LogP contribution in [-0.2, 0) is 0 Å². The molecular formula is C18H13N5O2. The Kier molecular flexibility index (Phi) is 3.66. The topological polar surface area (TPSA) is 82.3 Å². The molecule has 0 bridgehead atoms. The number of rotatable bonds is 4. The van der Waals surface area contributed by atoms with Gasteiger partial charge in [-0.3, -0.25) is 9.78 Å². The average molecular weight is 331 g/mol. The van der Waals surface area contributed by atoms with Gasteiger partial charge in [-0.25, -0.2) is 14.5 Å². The number of ketones is 1. The number of pyridine rings is 2. The fraction of sp³-hybridized carbons (Fsp3) is 0.0556. The lowest BCUT2D eigenvalue weighted by atomic mass is 10.1. The summed E-state index contributed by atoms with van der Waals surface area (Å²) in [5.41, 5.74) is 2.73. The molecule has 7 heteroatoms. The number of methoxy groups -OCH3 is 1. The van der Waals surface area contributed by atoms with Crippen LogP contribution >= 0.6 is 0 Å². The molecule has 4 rings (SSSR count). The normalized spacial score (nSPS) is 10.8. The zero-order valence-electron chi connectivity index (χ0n) is 13.3. The Labute approximate surface area is 143 Å². The molecular weight excluding hydrogens is 318 g/mol. The molecule has 7 nitrogen and oxygen atoms in total. The van der Waals surface area contributed by atoms with Gasteiger partial charge < -0.3 is 4.74 Å². The minimum Gasteiger partial charge on any atom is -0.494 e. The van der Waals surface area contributed by atoms with Crippen molar-refractivity contribution in [2.45, 2.75) is 0 Å². The van der Waals surface area contributed by atoms with E-state index in [9.17, 15) is 4.79 Å². The Balaban J connectivity index is 1.86. The molecule has 4 heterocycles. The van der Waals surface area contributed by atoms with Crippen molar-refractivity contribution in [1.82, 2.24) is 24.6 Å². The van der Waals surface area contributed by atoms with Crippen LogP contribution in [0.15, 0.2) is 61.3 Å². The van der Waals surface area contributed by atoms with Crippen LogP contribution in [0.25, 0.3) is 16.9 Å². The quantitative estimate of drug-likeness (QED) is 0.534. The predicted molar refractivity (Wildman–Crippen MR) is 90.4 cm³/mol. The van der Waals surface area contributed by atoms with Crippen molar-refractivity contribution in [3.05, 3.63) is 72.6 Å². The first-order chi connectivity index (χ1) is 12.3. The molecule has 0 atom stereocenters. The third-order valence-electron chi connectivity index (χ3n) is 3.81. The van der Waals surface area contributed by atoms with Crippen molar-refractivity contribution in [2.24, 2.45) is 0 Å². The van der Waals surface area contributed by atoms with Gasteiger partial charge in [-0.15, -0.1) is 0 Å². The fourth-order valence-corrected chi connectivity index (χ4v) is 2.64. The summed E-state index contributed by atoms with van der Waals surface area (Å²) < 4.78 is 6.86. The molecule has 4 aromatic heterocycles. The lowest BCUT2D eigenvalue weighted by Crippen LogP contribution is -2.07. The number of carbonyl (C=O) groups excluding carboxylic acids is 1. The predicted octanol–water partition coefficient (Wildman–Crippen LogP) is 2.43. The van der Waals surface area contributed by atoms with E-state index in [1.807, 2.05) is 18.2 Å². The third kappa shape index (κ3) is 2.51. The molecule has 4 aromatic rings. The van der Waals surface area contributed by atoms with E-state index in [1.54, 1.807) is 41.4 Å². The van der Waals surface area contributed by atoms with Gasteiger partial charge in [-0.05, 0) is 30.3 Å². The molecule has 122 valence electrons. The molecule has 0 aliphatic carbocycles. The first-order valence-electron chi connectivity index (χ1n) is 7.56. The van der Waals surface area contributed by atoms with Gasteiger partial charge in [-0.2, -0.15) is 5.10 Å². The second-order valence-corrected chi connectivity index (χ2v) is 5.25. The van der Waals surface area contributed by atoms with Crippen molar-refractivity contribution < 1.29 is 9.53 Å². The van der Waals surface area contributed by atoms with Crippen molar-refractivity contribution in [3.63, 3.8) is 0 Å². The molecule has 0 amide bonds. The van der Waals surface area contributed by atoms with Gasteiger partial charge in [0.15, 0.2) is 11.3 Å². The van der Waals surface area contributed by atoms with Crippen LogP contribution < -0.4 is 4.74 Å². The highest BCUT2D eigenvalue weighted by Gasteiger charge is 2.21. The second kappa shape index (κ2) is 6.12. The molecule has 0 saturated carbocycles. The maximum absolute atomic E-state index is 12.9. The fourth-order valence-electron chi connectivity index (χ4n) is 2.64. The Morgan fingerprint density at radius 1 is 1.04 bits per heavy atom. The molecule has 0 spiro atoms. The van der Waals surface area contributed by atoms with Crippen molar-refractivity contribution in [1.29, 1.82) is 0 Å². The average Bonchev–Trinajstić information content (AvgIpc) is 3.12. The number of ether oxygens (including phenoxy) is 1. The van der Waals surface area contributed by atoms with Crippen LogP contribution in [-0.4, -0.2) is 37.5 Å². The molecule has 0 unspecified atom stereocenters. The summed E-state index contributed by atoms with van der Waals surface area (Å²) in [6.07, 6.45) is 8.13. The minimum absolute atomic E-state index is 0.230. The number of hydrogen-bond acceptors (Lipinski definition) is 6. The zero-order chi connectivity index (χ0) is 17.2. The highest BCUT2D eigenvalue weighted by Crippen LogP contribution is 2.23. The van der Waals surface area contributed by atoms with Gasteiger partial charge in [0.05, 0.1) is 24.6 Å². The second-order valence-electron chi connectivity index (χ2n) is 5.25. The lowest BCUT2D eigenvalue weighted by Gasteiger charge is -2.06. The van der Waals surface area contributed by atoms with Crippen LogP contribution in [0.1, 0.15) is 16.1 Å². The summed E-state index contributed by atoms with van der Waals surface area (Å²) in [4.78, 5) is 25.5. The first-order valence-corrected chi connectivity index (χ1v) is 7.56. The van der Waals surface area contributed by atoms with E-state index in [4.69, 9.17) is 4.74 Å². The van der Waals surface area contributed by atoms with Crippen LogP contribution in [0.2, 0.25) is 0 Å². The molecule has 0 fully saturated rings. The van der Waals surface area contributed by atoms with E-state index in [-0.39, 0.29) is 11.5 Å². The summed E-state index contributed by atoms with van der Waals surface area (Å²) >= 11 is 0. The Bertz CT molecular complexity index is 1060. The number of hydrogen-bond donors (Lipinski definition) is 0. The Morgan fingerprint density at radius 3 is 2.72 bits per heavy atom. The minimum atomic E-state index is -0.289. The smallest absolute Gasteiger partial charge is 0.220 e. The van der Waals surface area contributed by atoms with Gasteiger partial charge in [0.1, 0.15) is 5.75 Å². The van der Waals surface area contributed by atoms with Crippen LogP contribution in [0.4, 0.5) is 0 Å². The van der Waals surface area contributed by atoms with E-state index < -0.39 is 0 Å². The van der Waals surface area contributed by atoms with E-state index in [2.05, 4.69) is 20.1 Å². The Morgan fingerprint density at radius 2 is 1.92 bits per heavy atom. The van der Waals surface area contributed by atoms with Gasteiger partial charge in [-0.1, -0.05) is 0 Å². The lowest BCUT2D eigenvalue weighted by molar-refractivity contribution is 0.103. The summed E-state index contributed by atoms with van der Waals surface area (Å²) in [5, 5.41) is 4.33. The van der Waals surface area contributed by atoms with Crippen molar-refractivity contribution in [2.75, 3.05) is 7.11 Å². The molecule has 0 N–H and O–H groups in total. The molecule has 25 heavy (non-hydrogen) atoms. The number of aromatic nitrogens is 5. The van der Waals surface area contributed by atoms with E-state index in [0.29, 0.717) is 17.0 Å². The number of nitrogens with zero attached hydrogens (tertiary/aromatic N) is 5. The maximum Gasteiger partial charge on any atom is 0.220 e. The summed E-state index contributed by atoms with van der Waals surface area (Å²) in [7, 11) is 1.50. The van der Waals surface area contributed by atoms with Gasteiger partial charge >= 0.3 is 0 Å². The van der Waals surface area contributed by atoms with Gasteiger partial charge in [0, 0.05) is 30.4 Å². The van der Waals surface area contributed by atoms with E-state index >= 15 is 0 Å². The summed E-state index contributed by atoms with van der Waals surface area (Å²) in [6, 6.07) is 9.00. The highest BCUT2D eigenvalue weighted by atomic mass is 16.5. The van der Waals surface area contributed by atoms with Gasteiger partial charge in [0.25, 0.3) is 0 Å². The Hall–Kier alpha value is -3.61. The first kappa shape index (κ1) is 14.9.